The van der Waals surface area contributed by atoms with Gasteiger partial charge in [-0.2, -0.15) is 0 Å². The number of nitrogens with one attached hydrogen (secondary N) is 1. The summed E-state index contributed by atoms with van der Waals surface area (Å²) in [6.07, 6.45) is 0. The Hall–Kier alpha value is -1.62. The number of benzene rings is 1. The Balaban J connectivity index is 2.31. The minimum absolute atomic E-state index is 0.00703. The zero-order valence-corrected chi connectivity index (χ0v) is 9.65. The molecule has 1 aromatic carbocycles. The van der Waals surface area contributed by atoms with Crippen LogP contribution in [0.15, 0.2) is 24.3 Å². The van der Waals surface area contributed by atoms with E-state index < -0.39 is 5.82 Å². The third-order valence-electron chi connectivity index (χ3n) is 2.15. The van der Waals surface area contributed by atoms with E-state index in [0.717, 1.165) is 0 Å². The summed E-state index contributed by atoms with van der Waals surface area (Å²) in [5.74, 6) is -0.789. The van der Waals surface area contributed by atoms with Gasteiger partial charge in [0, 0.05) is 13.2 Å². The zero-order chi connectivity index (χ0) is 12.7. The van der Waals surface area contributed by atoms with Crippen LogP contribution in [-0.2, 0) is 4.79 Å². The molecule has 2 N–H and O–H groups in total. The van der Waals surface area contributed by atoms with Gasteiger partial charge in [0.2, 0.25) is 0 Å². The average Bonchev–Trinajstić information content (AvgIpc) is 2.35. The van der Waals surface area contributed by atoms with Gasteiger partial charge in [-0.1, -0.05) is 19.1 Å². The van der Waals surface area contributed by atoms with Crippen molar-refractivity contribution in [2.24, 2.45) is 5.92 Å². The minimum Gasteiger partial charge on any atom is -0.481 e. The summed E-state index contributed by atoms with van der Waals surface area (Å²) in [5.41, 5.74) is 0. The van der Waals surface area contributed by atoms with E-state index in [1.807, 2.05) is 0 Å². The van der Waals surface area contributed by atoms with Crippen LogP contribution >= 0.6 is 0 Å². The summed E-state index contributed by atoms with van der Waals surface area (Å²) in [5, 5.41) is 11.3. The maximum absolute atomic E-state index is 13.1. The van der Waals surface area contributed by atoms with Gasteiger partial charge >= 0.3 is 0 Å². The predicted molar refractivity (Wildman–Crippen MR) is 61.2 cm³/mol. The molecule has 1 rings (SSSR count). The minimum atomic E-state index is -0.496. The number of hydrogen-bond donors (Lipinski definition) is 2. The summed E-state index contributed by atoms with van der Waals surface area (Å²) < 4.78 is 18.1. The van der Waals surface area contributed by atoms with Crippen molar-refractivity contribution in [3.63, 3.8) is 0 Å². The van der Waals surface area contributed by atoms with Crippen molar-refractivity contribution in [2.75, 3.05) is 19.8 Å². The molecule has 0 aliphatic carbocycles. The van der Waals surface area contributed by atoms with Gasteiger partial charge < -0.3 is 15.2 Å². The predicted octanol–water partition coefficient (Wildman–Crippen LogP) is 0.949. The number of aliphatic hydroxyl groups is 1. The molecule has 17 heavy (non-hydrogen) atoms. The number of carbonyl (C=O) groups is 1. The topological polar surface area (TPSA) is 58.6 Å². The second-order valence-electron chi connectivity index (χ2n) is 3.81. The smallest absolute Gasteiger partial charge is 0.257 e. The van der Waals surface area contributed by atoms with Crippen molar-refractivity contribution in [2.45, 2.75) is 6.92 Å². The molecular weight excluding hydrogens is 225 g/mol. The molecular formula is C12H16FNO3. The van der Waals surface area contributed by atoms with E-state index in [1.165, 1.54) is 12.1 Å². The van der Waals surface area contributed by atoms with Gasteiger partial charge in [-0.05, 0) is 18.1 Å². The third kappa shape index (κ3) is 4.82. The normalized spacial score (nSPS) is 11.9. The van der Waals surface area contributed by atoms with Gasteiger partial charge in [-0.3, -0.25) is 4.79 Å². The first-order valence-electron chi connectivity index (χ1n) is 5.38. The van der Waals surface area contributed by atoms with E-state index in [4.69, 9.17) is 9.84 Å². The van der Waals surface area contributed by atoms with Crippen LogP contribution in [0.4, 0.5) is 4.39 Å². The first kappa shape index (κ1) is 13.4. The van der Waals surface area contributed by atoms with Gasteiger partial charge in [0.05, 0.1) is 0 Å². The van der Waals surface area contributed by atoms with Gasteiger partial charge in [-0.25, -0.2) is 4.39 Å². The number of para-hydroxylation sites is 1. The van der Waals surface area contributed by atoms with Crippen LogP contribution in [0.3, 0.4) is 0 Å². The Morgan fingerprint density at radius 3 is 2.88 bits per heavy atom. The van der Waals surface area contributed by atoms with Crippen LogP contribution in [0.5, 0.6) is 5.75 Å². The molecule has 0 spiro atoms. The van der Waals surface area contributed by atoms with Crippen molar-refractivity contribution in [1.82, 2.24) is 5.32 Å². The molecule has 0 bridgehead atoms. The molecule has 0 aliphatic rings. The summed E-state index contributed by atoms with van der Waals surface area (Å²) in [7, 11) is 0. The Kier molecular flexibility index (Phi) is 5.42. The van der Waals surface area contributed by atoms with Crippen LogP contribution in [0, 0.1) is 11.7 Å². The summed E-state index contributed by atoms with van der Waals surface area (Å²) in [6.45, 7) is 1.95. The molecule has 0 heterocycles. The molecule has 0 radical (unpaired) electrons. The summed E-state index contributed by atoms with van der Waals surface area (Å²) in [4.78, 5) is 11.3. The summed E-state index contributed by atoms with van der Waals surface area (Å²) in [6, 6.07) is 5.90. The van der Waals surface area contributed by atoms with Crippen molar-refractivity contribution in [3.05, 3.63) is 30.1 Å². The highest BCUT2D eigenvalue weighted by atomic mass is 19.1. The fourth-order valence-electron chi connectivity index (χ4n) is 1.11. The Bertz CT molecular complexity index is 371. The molecule has 1 atom stereocenters. The molecule has 4 nitrogen and oxygen atoms in total. The van der Waals surface area contributed by atoms with Crippen LogP contribution in [0.1, 0.15) is 6.92 Å². The van der Waals surface area contributed by atoms with Gasteiger partial charge in [0.15, 0.2) is 18.2 Å². The number of amides is 1. The molecule has 0 aromatic heterocycles. The lowest BCUT2D eigenvalue weighted by atomic mass is 10.2. The highest BCUT2D eigenvalue weighted by Crippen LogP contribution is 2.14. The highest BCUT2D eigenvalue weighted by molar-refractivity contribution is 5.77. The number of aliphatic hydroxyl groups excluding tert-OH is 1. The molecule has 0 saturated carbocycles. The standard InChI is InChI=1S/C12H16FNO3/c1-9(7-15)6-14-12(16)8-17-11-5-3-2-4-10(11)13/h2-5,9,15H,6-8H2,1H3,(H,14,16). The second-order valence-corrected chi connectivity index (χ2v) is 3.81. The van der Waals surface area contributed by atoms with E-state index in [1.54, 1.807) is 19.1 Å². The van der Waals surface area contributed by atoms with Crippen LogP contribution < -0.4 is 10.1 Å². The molecule has 1 unspecified atom stereocenters. The SMILES string of the molecule is CC(CO)CNC(=O)COc1ccccc1F. The Morgan fingerprint density at radius 2 is 2.24 bits per heavy atom. The van der Waals surface area contributed by atoms with E-state index in [-0.39, 0.29) is 30.8 Å². The van der Waals surface area contributed by atoms with Crippen LogP contribution in [0.25, 0.3) is 0 Å². The van der Waals surface area contributed by atoms with E-state index in [9.17, 15) is 9.18 Å². The Morgan fingerprint density at radius 1 is 1.53 bits per heavy atom. The molecule has 1 amide bonds. The van der Waals surface area contributed by atoms with Gasteiger partial charge in [-0.15, -0.1) is 0 Å². The van der Waals surface area contributed by atoms with Crippen molar-refractivity contribution < 1.29 is 19.0 Å². The average molecular weight is 241 g/mol. The first-order chi connectivity index (χ1) is 8.13. The number of carbonyl (C=O) groups excluding carboxylic acids is 1. The fraction of sp³-hybridized carbons (Fsp3) is 0.417. The van der Waals surface area contributed by atoms with Gasteiger partial charge in [0.1, 0.15) is 0 Å². The van der Waals surface area contributed by atoms with Crippen molar-refractivity contribution >= 4 is 5.91 Å². The molecule has 0 fully saturated rings. The Labute approximate surface area is 99.4 Å². The van der Waals surface area contributed by atoms with E-state index in [0.29, 0.717) is 6.54 Å². The largest absolute Gasteiger partial charge is 0.481 e. The number of halogens is 1. The lowest BCUT2D eigenvalue weighted by Crippen LogP contribution is -2.33. The van der Waals surface area contributed by atoms with Crippen molar-refractivity contribution in [3.8, 4) is 5.75 Å². The van der Waals surface area contributed by atoms with Crippen LogP contribution in [0.2, 0.25) is 0 Å². The molecule has 5 heteroatoms. The lowest BCUT2D eigenvalue weighted by Gasteiger charge is -2.10. The summed E-state index contributed by atoms with van der Waals surface area (Å²) >= 11 is 0. The molecule has 0 saturated heterocycles. The van der Waals surface area contributed by atoms with E-state index >= 15 is 0 Å². The lowest BCUT2D eigenvalue weighted by molar-refractivity contribution is -0.123. The third-order valence-corrected chi connectivity index (χ3v) is 2.15. The first-order valence-corrected chi connectivity index (χ1v) is 5.38. The highest BCUT2D eigenvalue weighted by Gasteiger charge is 2.07. The molecule has 0 aliphatic heterocycles. The zero-order valence-electron chi connectivity index (χ0n) is 9.65. The van der Waals surface area contributed by atoms with Crippen LogP contribution in [-0.4, -0.2) is 30.8 Å². The molecule has 94 valence electrons. The van der Waals surface area contributed by atoms with E-state index in [2.05, 4.69) is 5.32 Å². The second kappa shape index (κ2) is 6.85. The monoisotopic (exact) mass is 241 g/mol. The molecule has 1 aromatic rings. The number of ether oxygens (including phenoxy) is 1. The number of hydrogen-bond acceptors (Lipinski definition) is 3. The number of rotatable bonds is 6. The quantitative estimate of drug-likeness (QED) is 0.779. The van der Waals surface area contributed by atoms with Gasteiger partial charge in [0.25, 0.3) is 5.91 Å². The fourth-order valence-corrected chi connectivity index (χ4v) is 1.11. The van der Waals surface area contributed by atoms with Crippen molar-refractivity contribution in [1.29, 1.82) is 0 Å². The maximum atomic E-state index is 13.1. The maximum Gasteiger partial charge on any atom is 0.257 e.